The molecule has 0 aromatic heterocycles. The average Bonchev–Trinajstić information content (AvgIpc) is 4.13. The first-order valence-corrected chi connectivity index (χ1v) is 29.5. The van der Waals surface area contributed by atoms with E-state index >= 15 is 0 Å². The van der Waals surface area contributed by atoms with E-state index in [9.17, 15) is 38.4 Å². The second-order valence-electron chi connectivity index (χ2n) is 24.8. The zero-order chi connectivity index (χ0) is 61.2. The van der Waals surface area contributed by atoms with Crippen LogP contribution < -0.4 is 42.5 Å². The van der Waals surface area contributed by atoms with Gasteiger partial charge in [0.1, 0.15) is 24.2 Å². The number of carbonyl (C=O) groups excluding carboxylic acids is 8. The van der Waals surface area contributed by atoms with Crippen LogP contribution in [0.3, 0.4) is 0 Å². The Morgan fingerprint density at radius 2 is 1.04 bits per heavy atom. The Hall–Kier alpha value is -7.88. The Balaban J connectivity index is 1.01. The van der Waals surface area contributed by atoms with Crippen LogP contribution in [0.15, 0.2) is 97.1 Å². The van der Waals surface area contributed by atoms with Crippen LogP contribution in [0.2, 0.25) is 0 Å². The van der Waals surface area contributed by atoms with Crippen molar-refractivity contribution in [2.45, 2.75) is 168 Å². The quantitative estimate of drug-likeness (QED) is 0.0580. The lowest BCUT2D eigenvalue weighted by molar-refractivity contribution is -0.144. The predicted octanol–water partition coefficient (Wildman–Crippen LogP) is 5.53. The van der Waals surface area contributed by atoms with Gasteiger partial charge in [0.05, 0.1) is 24.2 Å². The number of hydrogen-bond acceptors (Lipinski definition) is 10. The van der Waals surface area contributed by atoms with E-state index in [0.29, 0.717) is 28.7 Å². The molecule has 448 valence electrons. The van der Waals surface area contributed by atoms with Crippen molar-refractivity contribution in [1.82, 2.24) is 52.3 Å². The van der Waals surface area contributed by atoms with Gasteiger partial charge in [0.25, 0.3) is 11.8 Å². The number of carbonyl (C=O) groups is 8. The van der Waals surface area contributed by atoms with E-state index in [2.05, 4.69) is 60.4 Å². The normalized spacial score (nSPS) is 20.3. The fraction of sp³-hybridized carbons (Fsp3) is 0.485. The highest BCUT2D eigenvalue weighted by Crippen LogP contribution is 2.33. The van der Waals surface area contributed by atoms with Crippen LogP contribution in [-0.4, -0.2) is 133 Å². The molecule has 0 bridgehead atoms. The van der Waals surface area contributed by atoms with E-state index in [-0.39, 0.29) is 67.6 Å². The number of benzene rings is 4. The van der Waals surface area contributed by atoms with E-state index in [4.69, 9.17) is 0 Å². The van der Waals surface area contributed by atoms with Crippen LogP contribution in [0, 0.1) is 29.6 Å². The molecule has 1 aliphatic carbocycles. The van der Waals surface area contributed by atoms with Crippen LogP contribution in [0.1, 0.15) is 161 Å². The van der Waals surface area contributed by atoms with Gasteiger partial charge in [-0.2, -0.15) is 0 Å². The molecule has 18 heteroatoms. The van der Waals surface area contributed by atoms with Crippen molar-refractivity contribution in [3.63, 3.8) is 0 Å². The van der Waals surface area contributed by atoms with E-state index in [1.807, 2.05) is 97.9 Å². The van der Waals surface area contributed by atoms with Crippen molar-refractivity contribution >= 4 is 47.3 Å². The molecule has 2 fully saturated rings. The first-order valence-electron chi connectivity index (χ1n) is 29.5. The Labute approximate surface area is 495 Å². The third kappa shape index (κ3) is 15.7. The minimum Gasteiger partial charge on any atom is -0.348 e. The molecule has 4 aromatic carbocycles. The zero-order valence-corrected chi connectivity index (χ0v) is 50.8. The van der Waals surface area contributed by atoms with Gasteiger partial charge in [-0.1, -0.05) is 109 Å². The number of nitrogens with zero attached hydrogens (tertiary/aromatic N) is 2. The number of amides is 8. The molecule has 0 unspecified atom stereocenters. The summed E-state index contributed by atoms with van der Waals surface area (Å²) in [4.78, 5) is 115. The Morgan fingerprint density at radius 3 is 1.49 bits per heavy atom. The number of aryl methyl sites for hydroxylation is 2. The van der Waals surface area contributed by atoms with Crippen LogP contribution in [0.5, 0.6) is 0 Å². The average molecular weight is 1150 g/mol. The molecule has 2 saturated heterocycles. The van der Waals surface area contributed by atoms with Gasteiger partial charge in [-0.15, -0.1) is 0 Å². The summed E-state index contributed by atoms with van der Waals surface area (Å²) < 4.78 is 0. The van der Waals surface area contributed by atoms with Gasteiger partial charge in [-0.05, 0) is 155 Å². The van der Waals surface area contributed by atoms with E-state index in [1.165, 1.54) is 15.4 Å². The second kappa shape index (κ2) is 27.7. The molecule has 84 heavy (non-hydrogen) atoms. The monoisotopic (exact) mass is 1150 g/mol. The largest absolute Gasteiger partial charge is 0.348 e. The van der Waals surface area contributed by atoms with Gasteiger partial charge in [0.15, 0.2) is 0 Å². The van der Waals surface area contributed by atoms with E-state index < -0.39 is 76.9 Å². The van der Waals surface area contributed by atoms with Crippen LogP contribution in [0.25, 0.3) is 0 Å². The molecule has 10 atom stereocenters. The minimum atomic E-state index is -0.965. The first-order chi connectivity index (χ1) is 39.8. The molecule has 3 aliphatic rings. The van der Waals surface area contributed by atoms with Gasteiger partial charge in [-0.25, -0.2) is 0 Å². The van der Waals surface area contributed by atoms with Crippen LogP contribution in [-0.2, 0) is 35.2 Å². The molecule has 4 aromatic rings. The fourth-order valence-electron chi connectivity index (χ4n) is 11.2. The first kappa shape index (κ1) is 63.7. The molecule has 0 spiro atoms. The number of likely N-dealkylation sites (tertiary alicyclic amines) is 2. The zero-order valence-electron chi connectivity index (χ0n) is 50.8. The lowest BCUT2D eigenvalue weighted by Gasteiger charge is -2.36. The van der Waals surface area contributed by atoms with Gasteiger partial charge >= 0.3 is 0 Å². The molecule has 2 aliphatic heterocycles. The molecule has 8 amide bonds. The predicted molar refractivity (Wildman–Crippen MR) is 324 cm³/mol. The summed E-state index contributed by atoms with van der Waals surface area (Å²) in [5, 5.41) is 24.2. The maximum atomic E-state index is 14.6. The van der Waals surface area contributed by atoms with Crippen molar-refractivity contribution in [3.05, 3.63) is 142 Å². The highest BCUT2D eigenvalue weighted by molar-refractivity contribution is 5.98. The maximum absolute atomic E-state index is 14.6. The van der Waals surface area contributed by atoms with Crippen LogP contribution >= 0.6 is 0 Å². The summed E-state index contributed by atoms with van der Waals surface area (Å²) in [5.41, 5.74) is 4.78. The summed E-state index contributed by atoms with van der Waals surface area (Å²) in [7, 11) is 3.32. The Morgan fingerprint density at radius 1 is 0.583 bits per heavy atom. The highest BCUT2D eigenvalue weighted by atomic mass is 16.2. The number of hydrogen-bond donors (Lipinski definition) is 8. The highest BCUT2D eigenvalue weighted by Gasteiger charge is 2.48. The maximum Gasteiger partial charge on any atom is 0.251 e. The van der Waals surface area contributed by atoms with E-state index in [0.717, 1.165) is 36.0 Å². The lowest BCUT2D eigenvalue weighted by Crippen LogP contribution is -2.59. The number of rotatable bonds is 18. The molecule has 8 N–H and O–H groups in total. The molecule has 7 rings (SSSR count). The van der Waals surface area contributed by atoms with Gasteiger partial charge in [-0.3, -0.25) is 38.4 Å². The lowest BCUT2D eigenvalue weighted by atomic mass is 9.85. The van der Waals surface area contributed by atoms with Gasteiger partial charge < -0.3 is 52.3 Å². The molecule has 2 heterocycles. The standard InChI is InChI=1S/C66H86N10O8/c1-13-51(49-22-16-14-19-39(49)2)71-61(81)53-35-47(37-75(53)63(83)55(65(5,6)7)73-57(77)40(3)67-11)69-59(79)45-31-27-42(28-32-45)25-26-43-29-33-46(34-30-43)60(80)70-48-36-54(62(82)72-52-24-18-21-44-20-15-17-23-50(44)52)76(38-48)64(84)56(66(8,9)10)74-58(78)41(4)68-12/h14-17,19-20,22-23,27-34,40-41,47-48,51-56,67-68H,13,18,21,24,35-38H2,1-12H3,(H,69,79)(H,70,80)(H,71,81)(H,72,82)(H,73,77)(H,74,78)/t40-,41-,47-,48-,51+,52+,53-,54-,55+,56+/m0/s1. The number of nitrogens with one attached hydrogen (secondary N) is 8. The SMILES string of the molecule is CC[C@@H](NC(=O)[C@@H]1C[C@H](NC(=O)c2ccc(C#Cc3ccc(C(=O)N[C@H]4C[C@@H](C(=O)N[C@@H]5CCCc6ccccc65)N(C(=O)[C@@H](NC(=O)[C@H](C)NC)C(C)(C)C)C4)cc3)cc2)CN1C(=O)[C@@H](NC(=O)[C@H](C)NC)C(C)(C)C)c1ccccc1C. The van der Waals surface area contributed by atoms with E-state index in [1.54, 1.807) is 76.5 Å². The summed E-state index contributed by atoms with van der Waals surface area (Å²) in [6.45, 7) is 18.6. The van der Waals surface area contributed by atoms with Crippen molar-refractivity contribution in [1.29, 1.82) is 0 Å². The third-order valence-corrected chi connectivity index (χ3v) is 16.5. The molecule has 0 radical (unpaired) electrons. The number of fused-ring (bicyclic) bond motifs is 1. The molecular weight excluding hydrogens is 1060 g/mol. The van der Waals surface area contributed by atoms with Gasteiger partial charge in [0.2, 0.25) is 35.4 Å². The fourth-order valence-corrected chi connectivity index (χ4v) is 11.2. The van der Waals surface area contributed by atoms with Crippen molar-refractivity contribution in [2.24, 2.45) is 10.8 Å². The molecule has 0 saturated carbocycles. The molecule has 18 nitrogen and oxygen atoms in total. The summed E-state index contributed by atoms with van der Waals surface area (Å²) in [6.07, 6.45) is 3.52. The number of likely N-dealkylation sites (N-methyl/N-ethyl adjacent to an activating group) is 2. The van der Waals surface area contributed by atoms with Crippen molar-refractivity contribution in [2.75, 3.05) is 27.2 Å². The van der Waals surface area contributed by atoms with Crippen molar-refractivity contribution < 1.29 is 38.4 Å². The summed E-state index contributed by atoms with van der Waals surface area (Å²) in [6, 6.07) is 22.8. The summed E-state index contributed by atoms with van der Waals surface area (Å²) in [5.74, 6) is 3.27. The van der Waals surface area contributed by atoms with Crippen molar-refractivity contribution in [3.8, 4) is 11.8 Å². The second-order valence-corrected chi connectivity index (χ2v) is 24.8. The third-order valence-electron chi connectivity index (χ3n) is 16.5. The minimum absolute atomic E-state index is 0.0465. The van der Waals surface area contributed by atoms with Gasteiger partial charge in [0, 0.05) is 47.4 Å². The summed E-state index contributed by atoms with van der Waals surface area (Å²) >= 11 is 0. The Kier molecular flexibility index (Phi) is 21.0. The topological polar surface area (TPSA) is 239 Å². The van der Waals surface area contributed by atoms with Crippen LogP contribution in [0.4, 0.5) is 0 Å². The Bertz CT molecular complexity index is 2970. The smallest absolute Gasteiger partial charge is 0.251 e. The molecular formula is C66H86N10O8.